The normalized spacial score (nSPS) is 10.2. The topological polar surface area (TPSA) is 75.2 Å². The predicted octanol–water partition coefficient (Wildman–Crippen LogP) is 3.54. The molecule has 1 aromatic heterocycles. The minimum absolute atomic E-state index is 0.000484. The summed E-state index contributed by atoms with van der Waals surface area (Å²) in [5.41, 5.74) is 1.46. The van der Waals surface area contributed by atoms with Gasteiger partial charge in [0.1, 0.15) is 11.6 Å². The molecule has 0 fully saturated rings. The van der Waals surface area contributed by atoms with Gasteiger partial charge in [-0.05, 0) is 30.2 Å². The number of rotatable bonds is 5. The molecule has 0 bridgehead atoms. The van der Waals surface area contributed by atoms with Crippen molar-refractivity contribution in [3.05, 3.63) is 72.5 Å². The lowest BCUT2D eigenvalue weighted by Gasteiger charge is -2.13. The van der Waals surface area contributed by atoms with E-state index >= 15 is 0 Å². The summed E-state index contributed by atoms with van der Waals surface area (Å²) >= 11 is 11.9. The Morgan fingerprint density at radius 3 is 2.45 bits per heavy atom. The van der Waals surface area contributed by atoms with E-state index in [1.54, 1.807) is 12.1 Å². The first-order valence-electron chi connectivity index (χ1n) is 6.42. The van der Waals surface area contributed by atoms with Crippen molar-refractivity contribution in [2.45, 2.75) is 19.5 Å². The maximum atomic E-state index is 12.1. The molecule has 2 rings (SSSR count). The van der Waals surface area contributed by atoms with Gasteiger partial charge in [-0.25, -0.2) is 0 Å². The second-order valence-corrected chi connectivity index (χ2v) is 5.40. The molecule has 0 saturated heterocycles. The SMILES string of the molecule is N#Cc1ccc(CCn2c(CN=O)c(Cl)cc(Cl)c2=O)cc1. The van der Waals surface area contributed by atoms with E-state index in [4.69, 9.17) is 28.5 Å². The Morgan fingerprint density at radius 1 is 1.18 bits per heavy atom. The fourth-order valence-electron chi connectivity index (χ4n) is 2.08. The van der Waals surface area contributed by atoms with Crippen LogP contribution in [0.15, 0.2) is 40.3 Å². The van der Waals surface area contributed by atoms with Crippen molar-refractivity contribution < 1.29 is 0 Å². The number of hydrogen-bond donors (Lipinski definition) is 0. The van der Waals surface area contributed by atoms with Crippen molar-refractivity contribution >= 4 is 23.2 Å². The molecule has 0 atom stereocenters. The molecule has 0 spiro atoms. The highest BCUT2D eigenvalue weighted by Gasteiger charge is 2.13. The van der Waals surface area contributed by atoms with Gasteiger partial charge in [-0.3, -0.25) is 4.79 Å². The highest BCUT2D eigenvalue weighted by atomic mass is 35.5. The largest absolute Gasteiger partial charge is 0.308 e. The Morgan fingerprint density at radius 2 is 1.86 bits per heavy atom. The number of hydrogen-bond acceptors (Lipinski definition) is 4. The lowest BCUT2D eigenvalue weighted by Crippen LogP contribution is -2.25. The second-order valence-electron chi connectivity index (χ2n) is 4.59. The second kappa shape index (κ2) is 7.21. The third-order valence-corrected chi connectivity index (χ3v) is 3.82. The monoisotopic (exact) mass is 335 g/mol. The van der Waals surface area contributed by atoms with Crippen LogP contribution < -0.4 is 5.56 Å². The fraction of sp³-hybridized carbons (Fsp3) is 0.200. The van der Waals surface area contributed by atoms with Crippen molar-refractivity contribution in [2.75, 3.05) is 0 Å². The molecule has 0 radical (unpaired) electrons. The van der Waals surface area contributed by atoms with E-state index in [0.717, 1.165) is 5.56 Å². The first kappa shape index (κ1) is 16.2. The lowest BCUT2D eigenvalue weighted by atomic mass is 10.1. The van der Waals surface area contributed by atoms with Gasteiger partial charge in [0.05, 0.1) is 22.3 Å². The molecular weight excluding hydrogens is 325 g/mol. The van der Waals surface area contributed by atoms with E-state index in [-0.39, 0.29) is 16.6 Å². The quantitative estimate of drug-likeness (QED) is 0.784. The molecule has 7 heteroatoms. The van der Waals surface area contributed by atoms with Crippen LogP contribution in [0.25, 0.3) is 0 Å². The number of aromatic nitrogens is 1. The van der Waals surface area contributed by atoms with Gasteiger partial charge < -0.3 is 4.57 Å². The molecule has 5 nitrogen and oxygen atoms in total. The van der Waals surface area contributed by atoms with Gasteiger partial charge in [-0.1, -0.05) is 40.5 Å². The molecule has 112 valence electrons. The van der Waals surface area contributed by atoms with Crippen molar-refractivity contribution in [1.82, 2.24) is 4.57 Å². The summed E-state index contributed by atoms with van der Waals surface area (Å²) in [6, 6.07) is 10.4. The summed E-state index contributed by atoms with van der Waals surface area (Å²) in [7, 11) is 0. The van der Waals surface area contributed by atoms with Gasteiger partial charge in [-0.2, -0.15) is 10.2 Å². The smallest absolute Gasteiger partial charge is 0.269 e. The Hall–Kier alpha value is -2.16. The number of nitrogens with zero attached hydrogens (tertiary/aromatic N) is 3. The zero-order valence-electron chi connectivity index (χ0n) is 11.4. The Bertz CT molecular complexity index is 792. The van der Waals surface area contributed by atoms with Crippen LogP contribution >= 0.6 is 23.2 Å². The van der Waals surface area contributed by atoms with Gasteiger partial charge in [0.2, 0.25) is 0 Å². The number of nitroso groups, excluding NO2 is 1. The van der Waals surface area contributed by atoms with Crippen LogP contribution in [-0.2, 0) is 19.5 Å². The van der Waals surface area contributed by atoms with E-state index in [9.17, 15) is 9.70 Å². The third-order valence-electron chi connectivity index (χ3n) is 3.23. The van der Waals surface area contributed by atoms with Crippen LogP contribution in [-0.4, -0.2) is 4.57 Å². The van der Waals surface area contributed by atoms with Gasteiger partial charge in [0.15, 0.2) is 0 Å². The highest BCUT2D eigenvalue weighted by Crippen LogP contribution is 2.19. The molecule has 1 aromatic carbocycles. The van der Waals surface area contributed by atoms with Gasteiger partial charge in [0, 0.05) is 6.54 Å². The third kappa shape index (κ3) is 3.53. The summed E-state index contributed by atoms with van der Waals surface area (Å²) in [6.45, 7) is 0.120. The van der Waals surface area contributed by atoms with Crippen LogP contribution in [0.1, 0.15) is 16.8 Å². The molecule has 0 N–H and O–H groups in total. The summed E-state index contributed by atoms with van der Waals surface area (Å²) in [5, 5.41) is 11.8. The molecule has 0 aliphatic heterocycles. The molecule has 0 saturated carbocycles. The van der Waals surface area contributed by atoms with E-state index < -0.39 is 5.56 Å². The first-order chi connectivity index (χ1) is 10.6. The van der Waals surface area contributed by atoms with Gasteiger partial charge in [-0.15, -0.1) is 0 Å². The standard InChI is InChI=1S/C15H11Cl2N3O2/c16-12-7-13(17)15(21)20(14(12)9-19-22)6-5-10-1-3-11(8-18)4-2-10/h1-4,7H,5-6,9H2. The zero-order chi connectivity index (χ0) is 16.1. The summed E-state index contributed by atoms with van der Waals surface area (Å²) in [6.07, 6.45) is 0.536. The molecule has 0 unspecified atom stereocenters. The maximum absolute atomic E-state index is 12.1. The summed E-state index contributed by atoms with van der Waals surface area (Å²) in [5.74, 6) is 0. The molecular formula is C15H11Cl2N3O2. The predicted molar refractivity (Wildman–Crippen MR) is 85.1 cm³/mol. The Kier molecular flexibility index (Phi) is 5.31. The molecule has 2 aromatic rings. The fourth-order valence-corrected chi connectivity index (χ4v) is 2.62. The number of pyridine rings is 1. The van der Waals surface area contributed by atoms with E-state index in [0.29, 0.717) is 24.2 Å². The average molecular weight is 336 g/mol. The van der Waals surface area contributed by atoms with Crippen LogP contribution in [0.2, 0.25) is 10.0 Å². The van der Waals surface area contributed by atoms with Crippen LogP contribution in [0, 0.1) is 16.2 Å². The minimum Gasteiger partial charge on any atom is -0.308 e. The van der Waals surface area contributed by atoms with Gasteiger partial charge in [0.25, 0.3) is 5.56 Å². The van der Waals surface area contributed by atoms with Crippen molar-refractivity contribution in [1.29, 1.82) is 5.26 Å². The maximum Gasteiger partial charge on any atom is 0.269 e. The van der Waals surface area contributed by atoms with E-state index in [2.05, 4.69) is 5.18 Å². The summed E-state index contributed by atoms with van der Waals surface area (Å²) in [4.78, 5) is 22.7. The number of halogens is 2. The molecule has 1 heterocycles. The van der Waals surface area contributed by atoms with E-state index in [1.807, 2.05) is 18.2 Å². The number of aryl methyl sites for hydroxylation is 1. The van der Waals surface area contributed by atoms with Crippen molar-refractivity contribution in [2.24, 2.45) is 5.18 Å². The first-order valence-corrected chi connectivity index (χ1v) is 7.18. The van der Waals surface area contributed by atoms with Crippen molar-refractivity contribution in [3.8, 4) is 6.07 Å². The van der Waals surface area contributed by atoms with Crippen LogP contribution in [0.3, 0.4) is 0 Å². The molecule has 0 aliphatic carbocycles. The minimum atomic E-state index is -0.404. The average Bonchev–Trinajstić information content (AvgIpc) is 2.52. The number of nitriles is 1. The van der Waals surface area contributed by atoms with Crippen molar-refractivity contribution in [3.63, 3.8) is 0 Å². The summed E-state index contributed by atoms with van der Waals surface area (Å²) < 4.78 is 1.37. The zero-order valence-corrected chi connectivity index (χ0v) is 12.9. The molecule has 22 heavy (non-hydrogen) atoms. The van der Waals surface area contributed by atoms with Crippen LogP contribution in [0.5, 0.6) is 0 Å². The van der Waals surface area contributed by atoms with Crippen LogP contribution in [0.4, 0.5) is 0 Å². The highest BCUT2D eigenvalue weighted by molar-refractivity contribution is 6.34. The Labute approximate surface area is 136 Å². The number of benzene rings is 1. The molecule has 0 aliphatic rings. The van der Waals surface area contributed by atoms with E-state index in [1.165, 1.54) is 10.6 Å². The van der Waals surface area contributed by atoms with Gasteiger partial charge >= 0.3 is 0 Å². The lowest BCUT2D eigenvalue weighted by molar-refractivity contribution is 0.632. The Balaban J connectivity index is 2.30. The molecule has 0 amide bonds.